The molecule has 3 aromatic rings. The molecule has 2 heterocycles. The molecule has 33 heavy (non-hydrogen) atoms. The van der Waals surface area contributed by atoms with Gasteiger partial charge in [0.1, 0.15) is 11.8 Å². The van der Waals surface area contributed by atoms with Crippen molar-refractivity contribution in [2.24, 2.45) is 0 Å². The van der Waals surface area contributed by atoms with E-state index < -0.39 is 6.04 Å². The Labute approximate surface area is 198 Å². The molecule has 0 spiro atoms. The van der Waals surface area contributed by atoms with Crippen molar-refractivity contribution in [2.75, 3.05) is 7.11 Å². The van der Waals surface area contributed by atoms with Gasteiger partial charge in [0.25, 0.3) is 0 Å². The zero-order valence-electron chi connectivity index (χ0n) is 18.8. The van der Waals surface area contributed by atoms with Crippen molar-refractivity contribution in [1.82, 2.24) is 15.2 Å². The normalized spacial score (nSPS) is 14.6. The van der Waals surface area contributed by atoms with Crippen molar-refractivity contribution in [3.05, 3.63) is 82.3 Å². The number of nitrogens with one attached hydrogen (secondary N) is 1. The maximum Gasteiger partial charge on any atom is 0.247 e. The molecule has 4 rings (SSSR count). The van der Waals surface area contributed by atoms with E-state index in [9.17, 15) is 9.59 Å². The molecular weight excluding hydrogens is 434 g/mol. The first-order valence-corrected chi connectivity index (χ1v) is 12.2. The lowest BCUT2D eigenvalue weighted by Gasteiger charge is -2.32. The topological polar surface area (TPSA) is 71.5 Å². The van der Waals surface area contributed by atoms with Crippen LogP contribution in [0.2, 0.25) is 0 Å². The van der Waals surface area contributed by atoms with E-state index in [1.807, 2.05) is 53.9 Å². The summed E-state index contributed by atoms with van der Waals surface area (Å²) in [4.78, 5) is 34.0. The molecule has 0 radical (unpaired) electrons. The van der Waals surface area contributed by atoms with E-state index in [1.54, 1.807) is 35.7 Å². The number of pyridine rings is 1. The average molecular weight is 464 g/mol. The van der Waals surface area contributed by atoms with E-state index >= 15 is 0 Å². The van der Waals surface area contributed by atoms with Crippen molar-refractivity contribution >= 4 is 23.2 Å². The van der Waals surface area contributed by atoms with Crippen LogP contribution in [-0.4, -0.2) is 34.8 Å². The van der Waals surface area contributed by atoms with E-state index in [4.69, 9.17) is 4.74 Å². The minimum absolute atomic E-state index is 0.0938. The molecule has 0 aliphatic heterocycles. The molecule has 1 atom stereocenters. The third-order valence-corrected chi connectivity index (χ3v) is 6.87. The Morgan fingerprint density at radius 1 is 1.15 bits per heavy atom. The van der Waals surface area contributed by atoms with Crippen LogP contribution in [0.5, 0.6) is 5.75 Å². The number of nitrogens with zero attached hydrogens (tertiary/aromatic N) is 2. The van der Waals surface area contributed by atoms with Crippen molar-refractivity contribution in [3.63, 3.8) is 0 Å². The van der Waals surface area contributed by atoms with Gasteiger partial charge in [-0.25, -0.2) is 0 Å². The van der Waals surface area contributed by atoms with Gasteiger partial charge in [-0.3, -0.25) is 14.6 Å². The molecule has 0 saturated heterocycles. The van der Waals surface area contributed by atoms with Crippen LogP contribution in [0.1, 0.15) is 47.7 Å². The second-order valence-corrected chi connectivity index (χ2v) is 9.33. The van der Waals surface area contributed by atoms with Gasteiger partial charge in [-0.15, -0.1) is 11.3 Å². The summed E-state index contributed by atoms with van der Waals surface area (Å²) >= 11 is 1.55. The summed E-state index contributed by atoms with van der Waals surface area (Å²) in [5.41, 5.74) is 1.66. The fraction of sp³-hybridized carbons (Fsp3) is 0.346. The van der Waals surface area contributed by atoms with Crippen molar-refractivity contribution in [2.45, 2.75) is 50.7 Å². The maximum absolute atomic E-state index is 13.6. The van der Waals surface area contributed by atoms with Crippen molar-refractivity contribution in [3.8, 4) is 5.75 Å². The number of hydrogen-bond donors (Lipinski definition) is 1. The van der Waals surface area contributed by atoms with Crippen LogP contribution < -0.4 is 10.1 Å². The molecule has 2 amide bonds. The fourth-order valence-corrected chi connectivity index (χ4v) is 5.02. The predicted molar refractivity (Wildman–Crippen MR) is 129 cm³/mol. The SMILES string of the molecule is COc1cccc(CN(C(=O)Cc2cccs2)C(C(=O)NC2CCCC2)c2ccncc2)c1. The molecule has 172 valence electrons. The van der Waals surface area contributed by atoms with E-state index in [-0.39, 0.29) is 24.3 Å². The first kappa shape index (κ1) is 23.0. The molecule has 0 bridgehead atoms. The number of amides is 2. The molecule has 2 aromatic heterocycles. The molecule has 7 heteroatoms. The molecule has 1 aliphatic carbocycles. The Balaban J connectivity index is 1.68. The summed E-state index contributed by atoms with van der Waals surface area (Å²) in [5, 5.41) is 5.17. The van der Waals surface area contributed by atoms with E-state index in [0.29, 0.717) is 12.3 Å². The van der Waals surface area contributed by atoms with Gasteiger partial charge in [-0.05, 0) is 59.7 Å². The zero-order valence-corrected chi connectivity index (χ0v) is 19.6. The summed E-state index contributed by atoms with van der Waals surface area (Å²) < 4.78 is 5.37. The molecule has 1 saturated carbocycles. The Morgan fingerprint density at radius 3 is 2.64 bits per heavy atom. The highest BCUT2D eigenvalue weighted by atomic mass is 32.1. The van der Waals surface area contributed by atoms with Crippen LogP contribution >= 0.6 is 11.3 Å². The number of carbonyl (C=O) groups excluding carboxylic acids is 2. The van der Waals surface area contributed by atoms with Crippen molar-refractivity contribution < 1.29 is 14.3 Å². The first-order valence-electron chi connectivity index (χ1n) is 11.3. The van der Waals surface area contributed by atoms with Gasteiger partial charge in [0, 0.05) is 29.9 Å². The number of rotatable bonds is 9. The summed E-state index contributed by atoms with van der Waals surface area (Å²) in [5.74, 6) is 0.480. The van der Waals surface area contributed by atoms with Gasteiger partial charge in [0.05, 0.1) is 13.5 Å². The Hall–Kier alpha value is -3.19. The molecular formula is C26H29N3O3S. The summed E-state index contributed by atoms with van der Waals surface area (Å²) in [6, 6.07) is 14.6. The average Bonchev–Trinajstić information content (AvgIpc) is 3.54. The van der Waals surface area contributed by atoms with Gasteiger partial charge in [-0.2, -0.15) is 0 Å². The molecule has 1 N–H and O–H groups in total. The van der Waals surface area contributed by atoms with Crippen LogP contribution in [0.15, 0.2) is 66.3 Å². The summed E-state index contributed by atoms with van der Waals surface area (Å²) in [6.45, 7) is 0.298. The Bertz CT molecular complexity index is 1050. The number of aromatic nitrogens is 1. The van der Waals surface area contributed by atoms with Crippen LogP contribution in [0.4, 0.5) is 0 Å². The molecule has 1 unspecified atom stereocenters. The van der Waals surface area contributed by atoms with Crippen molar-refractivity contribution in [1.29, 1.82) is 0 Å². The quantitative estimate of drug-likeness (QED) is 0.506. The lowest BCUT2D eigenvalue weighted by molar-refractivity contribution is -0.141. The van der Waals surface area contributed by atoms with Crippen LogP contribution in [0.25, 0.3) is 0 Å². The molecule has 1 aromatic carbocycles. The number of methoxy groups -OCH3 is 1. The molecule has 6 nitrogen and oxygen atoms in total. The van der Waals surface area contributed by atoms with E-state index in [2.05, 4.69) is 10.3 Å². The smallest absolute Gasteiger partial charge is 0.247 e. The first-order chi connectivity index (χ1) is 16.1. The predicted octanol–water partition coefficient (Wildman–Crippen LogP) is 4.52. The number of carbonyl (C=O) groups is 2. The van der Waals surface area contributed by atoms with Crippen LogP contribution in [-0.2, 0) is 22.6 Å². The summed E-state index contributed by atoms with van der Waals surface area (Å²) in [7, 11) is 1.62. The highest BCUT2D eigenvalue weighted by Crippen LogP contribution is 2.27. The fourth-order valence-electron chi connectivity index (χ4n) is 4.32. The Morgan fingerprint density at radius 2 is 1.94 bits per heavy atom. The second-order valence-electron chi connectivity index (χ2n) is 8.30. The summed E-state index contributed by atoms with van der Waals surface area (Å²) in [6.07, 6.45) is 7.78. The maximum atomic E-state index is 13.6. The van der Waals surface area contributed by atoms with Gasteiger partial charge in [0.2, 0.25) is 11.8 Å². The number of thiophene rings is 1. The van der Waals surface area contributed by atoms with Gasteiger partial charge < -0.3 is 15.0 Å². The zero-order chi connectivity index (χ0) is 23.0. The number of hydrogen-bond acceptors (Lipinski definition) is 5. The Kier molecular flexibility index (Phi) is 7.73. The highest BCUT2D eigenvalue weighted by molar-refractivity contribution is 7.10. The van der Waals surface area contributed by atoms with Gasteiger partial charge >= 0.3 is 0 Å². The lowest BCUT2D eigenvalue weighted by Crippen LogP contribution is -2.46. The monoisotopic (exact) mass is 463 g/mol. The van der Waals surface area contributed by atoms with E-state index in [0.717, 1.165) is 41.7 Å². The van der Waals surface area contributed by atoms with Crippen LogP contribution in [0, 0.1) is 0 Å². The number of benzene rings is 1. The minimum Gasteiger partial charge on any atom is -0.497 e. The molecule has 1 aliphatic rings. The standard InChI is InChI=1S/C26H29N3O3S/c1-32-22-9-4-6-19(16-22)18-29(24(30)17-23-10-5-15-33-23)25(20-11-13-27-14-12-20)26(31)28-21-7-2-3-8-21/h4-6,9-16,21,25H,2-3,7-8,17-18H2,1H3,(H,28,31). The third-order valence-electron chi connectivity index (χ3n) is 6.00. The second kappa shape index (κ2) is 11.1. The lowest BCUT2D eigenvalue weighted by atomic mass is 10.0. The van der Waals surface area contributed by atoms with Gasteiger partial charge in [-0.1, -0.05) is 31.0 Å². The minimum atomic E-state index is -0.743. The number of ether oxygens (including phenoxy) is 1. The highest BCUT2D eigenvalue weighted by Gasteiger charge is 2.33. The van der Waals surface area contributed by atoms with E-state index in [1.165, 1.54) is 0 Å². The molecule has 1 fully saturated rings. The largest absolute Gasteiger partial charge is 0.497 e. The van der Waals surface area contributed by atoms with Gasteiger partial charge in [0.15, 0.2) is 0 Å². The third kappa shape index (κ3) is 5.99. The van der Waals surface area contributed by atoms with Crippen LogP contribution in [0.3, 0.4) is 0 Å².